The van der Waals surface area contributed by atoms with E-state index in [1.165, 1.54) is 6.07 Å². The predicted octanol–water partition coefficient (Wildman–Crippen LogP) is 2.06. The van der Waals surface area contributed by atoms with E-state index in [0.717, 1.165) is 42.1 Å². The second-order valence-corrected chi connectivity index (χ2v) is 8.43. The van der Waals surface area contributed by atoms with Gasteiger partial charge in [-0.2, -0.15) is 0 Å². The van der Waals surface area contributed by atoms with Gasteiger partial charge in [0.2, 0.25) is 0 Å². The van der Waals surface area contributed by atoms with Crippen molar-refractivity contribution in [1.82, 2.24) is 10.2 Å². The van der Waals surface area contributed by atoms with Crippen molar-refractivity contribution in [3.05, 3.63) is 57.8 Å². The van der Waals surface area contributed by atoms with E-state index < -0.39 is 24.1 Å². The van der Waals surface area contributed by atoms with E-state index in [1.54, 1.807) is 30.3 Å². The maximum Gasteiger partial charge on any atom is 0.345 e. The Bertz CT molecular complexity index is 833. The number of hydrogen-bond acceptors (Lipinski definition) is 7. The van der Waals surface area contributed by atoms with Crippen molar-refractivity contribution in [3.63, 3.8) is 0 Å². The molecule has 1 unspecified atom stereocenters. The summed E-state index contributed by atoms with van der Waals surface area (Å²) in [5, 5.41) is 22.5. The van der Waals surface area contributed by atoms with Gasteiger partial charge in [0, 0.05) is 24.5 Å². The fourth-order valence-electron chi connectivity index (χ4n) is 3.41. The number of aromatic carboxylic acids is 1. The Labute approximate surface area is 173 Å². The van der Waals surface area contributed by atoms with Gasteiger partial charge in [0.1, 0.15) is 11.0 Å². The van der Waals surface area contributed by atoms with E-state index in [9.17, 15) is 14.7 Å². The van der Waals surface area contributed by atoms with Crippen LogP contribution in [-0.4, -0.2) is 59.9 Å². The monoisotopic (exact) mass is 418 g/mol. The number of piperidine rings is 1. The lowest BCUT2D eigenvalue weighted by molar-refractivity contribution is -0.162. The number of rotatable bonds is 8. The molecule has 0 aliphatic carbocycles. The van der Waals surface area contributed by atoms with Crippen LogP contribution in [0.15, 0.2) is 42.5 Å². The van der Waals surface area contributed by atoms with Gasteiger partial charge < -0.3 is 19.8 Å². The van der Waals surface area contributed by atoms with Gasteiger partial charge in [-0.3, -0.25) is 5.32 Å². The number of thiophene rings is 1. The first-order valence-electron chi connectivity index (χ1n) is 9.57. The number of carboxylic acid groups (broad SMARTS) is 1. The SMILES string of the molecule is CN1CCC(OC(=O)C(CO)(NCc2ccc(C(=O)O)s2)c2ccccc2)CC1. The summed E-state index contributed by atoms with van der Waals surface area (Å²) < 4.78 is 5.80. The molecule has 0 radical (unpaired) electrons. The van der Waals surface area contributed by atoms with E-state index in [2.05, 4.69) is 10.2 Å². The molecule has 0 saturated carbocycles. The lowest BCUT2D eigenvalue weighted by Crippen LogP contribution is -2.54. The molecule has 2 heterocycles. The van der Waals surface area contributed by atoms with E-state index in [0.29, 0.717) is 5.56 Å². The molecule has 29 heavy (non-hydrogen) atoms. The Morgan fingerprint density at radius 1 is 1.21 bits per heavy atom. The zero-order valence-corrected chi connectivity index (χ0v) is 17.2. The number of ether oxygens (including phenoxy) is 1. The van der Waals surface area contributed by atoms with Gasteiger partial charge in [-0.15, -0.1) is 11.3 Å². The number of nitrogens with one attached hydrogen (secondary N) is 1. The zero-order valence-electron chi connectivity index (χ0n) is 16.3. The number of carboxylic acids is 1. The highest BCUT2D eigenvalue weighted by Crippen LogP contribution is 2.27. The quantitative estimate of drug-likeness (QED) is 0.565. The Kier molecular flexibility index (Phi) is 7.02. The Morgan fingerprint density at radius 3 is 2.48 bits per heavy atom. The first kappa shape index (κ1) is 21.4. The van der Waals surface area contributed by atoms with Crippen LogP contribution in [0.1, 0.15) is 33.0 Å². The standard InChI is InChI=1S/C21H26N2O5S/c1-23-11-9-16(10-12-23)28-20(27)21(14-24,15-5-3-2-4-6-15)22-13-17-7-8-18(29-17)19(25)26/h2-8,16,22,24H,9-14H2,1H3,(H,25,26). The van der Waals surface area contributed by atoms with Crippen LogP contribution in [-0.2, 0) is 21.6 Å². The number of carbonyl (C=O) groups is 2. The molecule has 3 rings (SSSR count). The minimum Gasteiger partial charge on any atom is -0.477 e. The van der Waals surface area contributed by atoms with Crippen LogP contribution >= 0.6 is 11.3 Å². The van der Waals surface area contributed by atoms with Gasteiger partial charge in [0.05, 0.1) is 6.61 Å². The summed E-state index contributed by atoms with van der Waals surface area (Å²) in [6, 6.07) is 12.2. The second-order valence-electron chi connectivity index (χ2n) is 7.26. The van der Waals surface area contributed by atoms with Crippen molar-refractivity contribution in [2.75, 3.05) is 26.7 Å². The van der Waals surface area contributed by atoms with Crippen molar-refractivity contribution in [2.24, 2.45) is 0 Å². The molecule has 1 aliphatic rings. The van der Waals surface area contributed by atoms with Crippen molar-refractivity contribution < 1.29 is 24.5 Å². The number of benzene rings is 1. The molecular weight excluding hydrogens is 392 g/mol. The van der Waals surface area contributed by atoms with Gasteiger partial charge >= 0.3 is 11.9 Å². The largest absolute Gasteiger partial charge is 0.477 e. The molecule has 0 bridgehead atoms. The van der Waals surface area contributed by atoms with Crippen molar-refractivity contribution in [3.8, 4) is 0 Å². The Hall–Kier alpha value is -2.26. The average Bonchev–Trinajstić information content (AvgIpc) is 3.21. The highest BCUT2D eigenvalue weighted by molar-refractivity contribution is 7.13. The predicted molar refractivity (Wildman–Crippen MR) is 110 cm³/mol. The summed E-state index contributed by atoms with van der Waals surface area (Å²) in [7, 11) is 2.04. The maximum atomic E-state index is 13.2. The van der Waals surface area contributed by atoms with Gasteiger partial charge in [0.25, 0.3) is 0 Å². The number of nitrogens with zero attached hydrogens (tertiary/aromatic N) is 1. The molecule has 156 valence electrons. The number of likely N-dealkylation sites (tertiary alicyclic amines) is 1. The Morgan fingerprint density at radius 2 is 1.90 bits per heavy atom. The first-order valence-corrected chi connectivity index (χ1v) is 10.4. The molecule has 8 heteroatoms. The van der Waals surface area contributed by atoms with Crippen molar-refractivity contribution in [2.45, 2.75) is 31.0 Å². The van der Waals surface area contributed by atoms with Crippen molar-refractivity contribution in [1.29, 1.82) is 0 Å². The van der Waals surface area contributed by atoms with Gasteiger partial charge in [-0.1, -0.05) is 30.3 Å². The molecule has 2 aromatic rings. The third kappa shape index (κ3) is 5.02. The number of aliphatic hydroxyl groups excluding tert-OH is 1. The van der Waals surface area contributed by atoms with Crippen LogP contribution in [0, 0.1) is 0 Å². The normalized spacial score (nSPS) is 17.6. The molecule has 1 aromatic carbocycles. The third-order valence-corrected chi connectivity index (χ3v) is 6.30. The molecule has 1 atom stereocenters. The van der Waals surface area contributed by atoms with Crippen LogP contribution in [0.3, 0.4) is 0 Å². The van der Waals surface area contributed by atoms with Crippen LogP contribution in [0.2, 0.25) is 0 Å². The van der Waals surface area contributed by atoms with Crippen molar-refractivity contribution >= 4 is 23.3 Å². The third-order valence-electron chi connectivity index (χ3n) is 5.23. The van der Waals surface area contributed by atoms with Gasteiger partial charge in [0.15, 0.2) is 5.54 Å². The summed E-state index contributed by atoms with van der Waals surface area (Å²) in [6.07, 6.45) is 1.33. The van der Waals surface area contributed by atoms with E-state index in [-0.39, 0.29) is 17.5 Å². The van der Waals surface area contributed by atoms with Crippen LogP contribution in [0.4, 0.5) is 0 Å². The average molecular weight is 419 g/mol. The van der Waals surface area contributed by atoms with E-state index >= 15 is 0 Å². The first-order chi connectivity index (χ1) is 13.9. The number of esters is 1. The van der Waals surface area contributed by atoms with E-state index in [4.69, 9.17) is 9.84 Å². The number of hydrogen-bond donors (Lipinski definition) is 3. The maximum absolute atomic E-state index is 13.2. The van der Waals surface area contributed by atoms with Crippen LogP contribution < -0.4 is 5.32 Å². The van der Waals surface area contributed by atoms with Crippen LogP contribution in [0.25, 0.3) is 0 Å². The molecule has 1 saturated heterocycles. The minimum absolute atomic E-state index is 0.185. The van der Waals surface area contributed by atoms with Gasteiger partial charge in [-0.05, 0) is 37.6 Å². The summed E-state index contributed by atoms with van der Waals surface area (Å²) >= 11 is 1.13. The summed E-state index contributed by atoms with van der Waals surface area (Å²) in [6.45, 7) is 1.47. The summed E-state index contributed by atoms with van der Waals surface area (Å²) in [5.41, 5.74) is -0.812. The van der Waals surface area contributed by atoms with Crippen LogP contribution in [0.5, 0.6) is 0 Å². The fourth-order valence-corrected chi connectivity index (χ4v) is 4.19. The lowest BCUT2D eigenvalue weighted by atomic mass is 9.90. The molecule has 1 aromatic heterocycles. The smallest absolute Gasteiger partial charge is 0.345 e. The van der Waals surface area contributed by atoms with E-state index in [1.807, 2.05) is 13.1 Å². The molecule has 7 nitrogen and oxygen atoms in total. The van der Waals surface area contributed by atoms with Gasteiger partial charge in [-0.25, -0.2) is 9.59 Å². The minimum atomic E-state index is -1.42. The molecule has 3 N–H and O–H groups in total. The highest BCUT2D eigenvalue weighted by atomic mass is 32.1. The molecule has 1 fully saturated rings. The number of aliphatic hydroxyl groups is 1. The Balaban J connectivity index is 1.80. The summed E-state index contributed by atoms with van der Waals surface area (Å²) in [4.78, 5) is 27.5. The zero-order chi connectivity index (χ0) is 20.9. The summed E-state index contributed by atoms with van der Waals surface area (Å²) in [5.74, 6) is -1.50. The highest BCUT2D eigenvalue weighted by Gasteiger charge is 2.42. The molecule has 1 aliphatic heterocycles. The fraction of sp³-hybridized carbons (Fsp3) is 0.429. The molecule has 0 amide bonds. The molecular formula is C21H26N2O5S. The topological polar surface area (TPSA) is 99.1 Å². The second kappa shape index (κ2) is 9.49. The number of carbonyl (C=O) groups excluding carboxylic acids is 1. The lowest BCUT2D eigenvalue weighted by Gasteiger charge is -2.35. The molecule has 0 spiro atoms.